The fraction of sp³-hybridized carbons (Fsp3) is 0.556. The lowest BCUT2D eigenvalue weighted by Crippen LogP contribution is -2.37. The summed E-state index contributed by atoms with van der Waals surface area (Å²) in [6.45, 7) is 8.36. The number of pyridine rings is 1. The Balaban J connectivity index is 0.00000243. The summed E-state index contributed by atoms with van der Waals surface area (Å²) in [5.74, 6) is 0.516. The zero-order valence-electron chi connectivity index (χ0n) is 15.4. The summed E-state index contributed by atoms with van der Waals surface area (Å²) in [6, 6.07) is 4.11. The molecule has 3 rings (SSSR count). The molecule has 2 aromatic heterocycles. The molecule has 0 unspecified atom stereocenters. The molecule has 0 saturated carbocycles. The smallest absolute Gasteiger partial charge is 0.188 e. The second-order valence-corrected chi connectivity index (χ2v) is 6.41. The van der Waals surface area contributed by atoms with E-state index in [2.05, 4.69) is 43.8 Å². The van der Waals surface area contributed by atoms with Gasteiger partial charge in [-0.05, 0) is 25.0 Å². The topological polar surface area (TPSA) is 80.2 Å². The largest absolute Gasteiger partial charge is 0.379 e. The van der Waals surface area contributed by atoms with Gasteiger partial charge in [-0.3, -0.25) is 9.89 Å². The maximum atomic E-state index is 5.94. The number of fused-ring (bicyclic) bond motifs is 1. The highest BCUT2D eigenvalue weighted by atomic mass is 127. The normalized spacial score (nSPS) is 15.8. The Hall–Kier alpha value is -1.39. The molecule has 0 aromatic carbocycles. The van der Waals surface area contributed by atoms with Gasteiger partial charge in [-0.15, -0.1) is 24.0 Å². The number of aryl methyl sites for hydroxylation is 1. The van der Waals surface area contributed by atoms with Crippen LogP contribution in [0, 0.1) is 6.92 Å². The van der Waals surface area contributed by atoms with Crippen molar-refractivity contribution in [3.05, 3.63) is 35.8 Å². The molecule has 0 bridgehead atoms. The van der Waals surface area contributed by atoms with Gasteiger partial charge in [-0.25, -0.2) is 4.98 Å². The van der Waals surface area contributed by atoms with Crippen molar-refractivity contribution in [2.75, 3.05) is 45.9 Å². The number of hydrogen-bond acceptors (Lipinski definition) is 4. The van der Waals surface area contributed by atoms with E-state index in [1.165, 1.54) is 5.56 Å². The van der Waals surface area contributed by atoms with Gasteiger partial charge in [0.2, 0.25) is 0 Å². The SMILES string of the molecule is Cc1cccn2cc(CCNC(N)=NCCCN3CCOCC3)nc12.I. The van der Waals surface area contributed by atoms with Crippen LogP contribution in [0.4, 0.5) is 0 Å². The van der Waals surface area contributed by atoms with Gasteiger partial charge in [0.15, 0.2) is 5.96 Å². The van der Waals surface area contributed by atoms with Crippen molar-refractivity contribution < 1.29 is 4.74 Å². The molecule has 1 fully saturated rings. The highest BCUT2D eigenvalue weighted by molar-refractivity contribution is 14.0. The first-order valence-electron chi connectivity index (χ1n) is 8.99. The molecule has 1 aliphatic heterocycles. The van der Waals surface area contributed by atoms with Gasteiger partial charge in [0.25, 0.3) is 0 Å². The quantitative estimate of drug-likeness (QED) is 0.276. The number of aromatic nitrogens is 2. The Bertz CT molecular complexity index is 711. The molecule has 26 heavy (non-hydrogen) atoms. The summed E-state index contributed by atoms with van der Waals surface area (Å²) in [4.78, 5) is 11.5. The molecule has 0 amide bonds. The summed E-state index contributed by atoms with van der Waals surface area (Å²) in [7, 11) is 0. The molecule has 0 radical (unpaired) electrons. The number of halogens is 1. The van der Waals surface area contributed by atoms with Crippen LogP contribution in [0.15, 0.2) is 29.5 Å². The van der Waals surface area contributed by atoms with Crippen molar-refractivity contribution in [3.63, 3.8) is 0 Å². The molecule has 8 heteroatoms. The van der Waals surface area contributed by atoms with E-state index in [0.29, 0.717) is 5.96 Å². The Labute approximate surface area is 172 Å². The van der Waals surface area contributed by atoms with Gasteiger partial charge in [0, 0.05) is 51.5 Å². The first kappa shape index (κ1) is 20.9. The average Bonchev–Trinajstić information content (AvgIpc) is 3.04. The number of hydrogen-bond donors (Lipinski definition) is 2. The van der Waals surface area contributed by atoms with Crippen LogP contribution in [0.5, 0.6) is 0 Å². The standard InChI is InChI=1S/C18H28N6O.HI/c1-15-4-2-9-24-14-16(22-17(15)24)5-7-21-18(19)20-6-3-8-23-10-12-25-13-11-23;/h2,4,9,14H,3,5-8,10-13H2,1H3,(H3,19,20,21);1H. The molecule has 1 saturated heterocycles. The minimum Gasteiger partial charge on any atom is -0.379 e. The van der Waals surface area contributed by atoms with Gasteiger partial charge in [-0.2, -0.15) is 0 Å². The van der Waals surface area contributed by atoms with Crippen molar-refractivity contribution in [3.8, 4) is 0 Å². The highest BCUT2D eigenvalue weighted by Crippen LogP contribution is 2.09. The van der Waals surface area contributed by atoms with Gasteiger partial charge < -0.3 is 20.2 Å². The van der Waals surface area contributed by atoms with Crippen molar-refractivity contribution in [1.82, 2.24) is 19.6 Å². The number of nitrogens with one attached hydrogen (secondary N) is 1. The Kier molecular flexibility index (Phi) is 8.60. The van der Waals surface area contributed by atoms with E-state index in [0.717, 1.165) is 70.1 Å². The number of nitrogens with two attached hydrogens (primary N) is 1. The van der Waals surface area contributed by atoms with Crippen molar-refractivity contribution in [1.29, 1.82) is 0 Å². The maximum Gasteiger partial charge on any atom is 0.188 e. The second kappa shape index (κ2) is 10.7. The van der Waals surface area contributed by atoms with Gasteiger partial charge in [0.05, 0.1) is 18.9 Å². The Morgan fingerprint density at radius 2 is 2.19 bits per heavy atom. The van der Waals surface area contributed by atoms with Crippen molar-refractivity contribution in [2.24, 2.45) is 10.7 Å². The van der Waals surface area contributed by atoms with Crippen LogP contribution in [0.1, 0.15) is 17.7 Å². The predicted molar refractivity (Wildman–Crippen MR) is 115 cm³/mol. The molecule has 1 aliphatic rings. The van der Waals surface area contributed by atoms with E-state index in [-0.39, 0.29) is 24.0 Å². The number of imidazole rings is 1. The summed E-state index contributed by atoms with van der Waals surface area (Å²) < 4.78 is 7.41. The fourth-order valence-electron chi connectivity index (χ4n) is 3.02. The van der Waals surface area contributed by atoms with E-state index >= 15 is 0 Å². The van der Waals surface area contributed by atoms with Crippen LogP contribution in [0.2, 0.25) is 0 Å². The van der Waals surface area contributed by atoms with Gasteiger partial charge in [-0.1, -0.05) is 6.07 Å². The van der Waals surface area contributed by atoms with E-state index in [1.54, 1.807) is 0 Å². The molecule has 2 aromatic rings. The van der Waals surface area contributed by atoms with Crippen LogP contribution in [-0.4, -0.2) is 66.2 Å². The minimum absolute atomic E-state index is 0. The van der Waals surface area contributed by atoms with Crippen molar-refractivity contribution >= 4 is 35.6 Å². The van der Waals surface area contributed by atoms with Gasteiger partial charge in [0.1, 0.15) is 5.65 Å². The monoisotopic (exact) mass is 472 g/mol. The molecule has 3 N–H and O–H groups in total. The third-order valence-electron chi connectivity index (χ3n) is 4.43. The van der Waals surface area contributed by atoms with Crippen LogP contribution >= 0.6 is 24.0 Å². The van der Waals surface area contributed by atoms with E-state index in [4.69, 9.17) is 10.5 Å². The minimum atomic E-state index is 0. The molecule has 0 aliphatic carbocycles. The summed E-state index contributed by atoms with van der Waals surface area (Å²) in [6.07, 6.45) is 5.94. The molecule has 0 atom stereocenters. The van der Waals surface area contributed by atoms with Crippen LogP contribution in [0.3, 0.4) is 0 Å². The lowest BCUT2D eigenvalue weighted by atomic mass is 10.3. The third-order valence-corrected chi connectivity index (χ3v) is 4.43. The summed E-state index contributed by atoms with van der Waals surface area (Å²) in [5, 5.41) is 3.17. The van der Waals surface area contributed by atoms with Crippen LogP contribution in [-0.2, 0) is 11.2 Å². The lowest BCUT2D eigenvalue weighted by Gasteiger charge is -2.26. The Morgan fingerprint density at radius 3 is 2.96 bits per heavy atom. The van der Waals surface area contributed by atoms with Crippen LogP contribution in [0.25, 0.3) is 5.65 Å². The average molecular weight is 472 g/mol. The number of rotatable bonds is 7. The number of aliphatic imine (C=N–C) groups is 1. The number of morpholine rings is 1. The number of nitrogens with zero attached hydrogens (tertiary/aromatic N) is 4. The van der Waals surface area contributed by atoms with Gasteiger partial charge >= 0.3 is 0 Å². The molecule has 3 heterocycles. The molecule has 0 spiro atoms. The number of guanidine groups is 1. The summed E-state index contributed by atoms with van der Waals surface area (Å²) in [5.41, 5.74) is 9.19. The first-order valence-corrected chi connectivity index (χ1v) is 8.99. The fourth-order valence-corrected chi connectivity index (χ4v) is 3.02. The molecule has 144 valence electrons. The first-order chi connectivity index (χ1) is 12.2. The molecular weight excluding hydrogens is 443 g/mol. The molecular formula is C18H29IN6O. The zero-order chi connectivity index (χ0) is 17.5. The van der Waals surface area contributed by atoms with E-state index < -0.39 is 0 Å². The summed E-state index contributed by atoms with van der Waals surface area (Å²) >= 11 is 0. The highest BCUT2D eigenvalue weighted by Gasteiger charge is 2.09. The Morgan fingerprint density at radius 1 is 1.38 bits per heavy atom. The third kappa shape index (κ3) is 6.10. The van der Waals surface area contributed by atoms with E-state index in [9.17, 15) is 0 Å². The lowest BCUT2D eigenvalue weighted by molar-refractivity contribution is 0.0377. The van der Waals surface area contributed by atoms with Crippen molar-refractivity contribution in [2.45, 2.75) is 19.8 Å². The molecule has 7 nitrogen and oxygen atoms in total. The van der Waals surface area contributed by atoms with E-state index in [1.807, 2.05) is 12.3 Å². The zero-order valence-corrected chi connectivity index (χ0v) is 17.7. The number of ether oxygens (including phenoxy) is 1. The maximum absolute atomic E-state index is 5.94. The second-order valence-electron chi connectivity index (χ2n) is 6.41. The predicted octanol–water partition coefficient (Wildman–Crippen LogP) is 1.43. The van der Waals surface area contributed by atoms with Crippen LogP contribution < -0.4 is 11.1 Å².